The third kappa shape index (κ3) is 7.04. The summed E-state index contributed by atoms with van der Waals surface area (Å²) in [6.45, 7) is 7.62. The van der Waals surface area contributed by atoms with Crippen molar-refractivity contribution in [3.8, 4) is 0 Å². The maximum atomic E-state index is 13.7. The average molecular weight is 488 g/mol. The van der Waals surface area contributed by atoms with E-state index < -0.39 is 41.6 Å². The van der Waals surface area contributed by atoms with Crippen molar-refractivity contribution in [3.05, 3.63) is 35.9 Å². The molecule has 1 aromatic rings. The number of carbonyl (C=O) groups excluding carboxylic acids is 4. The highest BCUT2D eigenvalue weighted by Gasteiger charge is 2.46. The fourth-order valence-corrected chi connectivity index (χ4v) is 4.48. The zero-order chi connectivity index (χ0) is 25.6. The number of fused-ring (bicyclic) bond motifs is 1. The van der Waals surface area contributed by atoms with E-state index in [2.05, 4.69) is 5.32 Å². The number of nitrogens with zero attached hydrogens (tertiary/aromatic N) is 2. The van der Waals surface area contributed by atoms with E-state index >= 15 is 0 Å². The first-order valence-corrected chi connectivity index (χ1v) is 12.4. The van der Waals surface area contributed by atoms with E-state index in [4.69, 9.17) is 9.47 Å². The van der Waals surface area contributed by atoms with Gasteiger partial charge in [0.2, 0.25) is 5.91 Å². The first-order valence-electron chi connectivity index (χ1n) is 12.4. The Morgan fingerprint density at radius 2 is 1.86 bits per heavy atom. The molecule has 0 unspecified atom stereocenters. The molecule has 3 atom stereocenters. The molecule has 9 heteroatoms. The molecule has 0 radical (unpaired) electrons. The number of carbonyl (C=O) groups is 4. The van der Waals surface area contributed by atoms with E-state index in [0.29, 0.717) is 32.2 Å². The lowest BCUT2D eigenvalue weighted by Gasteiger charge is -2.43. The zero-order valence-electron chi connectivity index (χ0n) is 21.1. The molecule has 2 saturated heterocycles. The van der Waals surface area contributed by atoms with Crippen LogP contribution in [0.4, 0.5) is 0 Å². The van der Waals surface area contributed by atoms with Gasteiger partial charge in [-0.1, -0.05) is 30.3 Å². The normalized spacial score (nSPS) is 21.7. The van der Waals surface area contributed by atoms with Crippen LogP contribution in [0.2, 0.25) is 0 Å². The highest BCUT2D eigenvalue weighted by Crippen LogP contribution is 2.27. The summed E-state index contributed by atoms with van der Waals surface area (Å²) >= 11 is 0. The van der Waals surface area contributed by atoms with Crippen LogP contribution in [0.5, 0.6) is 0 Å². The van der Waals surface area contributed by atoms with Crippen molar-refractivity contribution in [2.75, 3.05) is 13.2 Å². The molecule has 1 N–H and O–H groups in total. The number of aryl methyl sites for hydroxylation is 1. The van der Waals surface area contributed by atoms with E-state index in [-0.39, 0.29) is 25.4 Å². The Bertz CT molecular complexity index is 913. The van der Waals surface area contributed by atoms with Crippen LogP contribution in [0.15, 0.2) is 30.3 Å². The molecule has 35 heavy (non-hydrogen) atoms. The predicted molar refractivity (Wildman–Crippen MR) is 129 cm³/mol. The number of ether oxygens (including phenoxy) is 2. The number of nitrogens with one attached hydrogen (secondary N) is 1. The molecule has 2 heterocycles. The minimum absolute atomic E-state index is 0.134. The first kappa shape index (κ1) is 26.7. The number of esters is 2. The Morgan fingerprint density at radius 3 is 2.51 bits per heavy atom. The lowest BCUT2D eigenvalue weighted by atomic mass is 10.0. The number of rotatable bonds is 8. The second-order valence-corrected chi connectivity index (χ2v) is 9.98. The molecular formula is C26H37N3O6. The number of benzene rings is 1. The summed E-state index contributed by atoms with van der Waals surface area (Å²) in [4.78, 5) is 52.3. The topological polar surface area (TPSA) is 105 Å². The molecule has 0 spiro atoms. The zero-order valence-corrected chi connectivity index (χ0v) is 21.1. The smallest absolute Gasteiger partial charge is 0.331 e. The van der Waals surface area contributed by atoms with Crippen LogP contribution in [0.25, 0.3) is 0 Å². The lowest BCUT2D eigenvalue weighted by molar-refractivity contribution is -0.188. The van der Waals surface area contributed by atoms with Crippen LogP contribution < -0.4 is 5.32 Å². The highest BCUT2D eigenvalue weighted by molar-refractivity contribution is 5.92. The average Bonchev–Trinajstić information content (AvgIpc) is 2.93. The molecule has 0 aromatic heterocycles. The standard InChI is InChI=1S/C26H37N3O6/c1-5-34-24(32)20(14-13-18-10-7-6-8-11-18)27-19-15-16-22(30)28-17-9-12-21(29(28)23(19)31)25(33)35-26(2,3)4/h6-8,10-11,19-21,27H,5,9,12-17H2,1-4H3/t19-,20+,21-/m0/s1. The summed E-state index contributed by atoms with van der Waals surface area (Å²) in [6, 6.07) is 7.34. The van der Waals surface area contributed by atoms with Gasteiger partial charge in [-0.15, -0.1) is 0 Å². The molecule has 3 rings (SSSR count). The summed E-state index contributed by atoms with van der Waals surface area (Å²) in [6.07, 6.45) is 2.42. The van der Waals surface area contributed by atoms with Crippen LogP contribution in [0, 0.1) is 0 Å². The lowest BCUT2D eigenvalue weighted by Crippen LogP contribution is -2.63. The fourth-order valence-electron chi connectivity index (χ4n) is 4.48. The van der Waals surface area contributed by atoms with E-state index in [1.807, 2.05) is 30.3 Å². The summed E-state index contributed by atoms with van der Waals surface area (Å²) < 4.78 is 10.8. The van der Waals surface area contributed by atoms with Gasteiger partial charge in [0, 0.05) is 13.0 Å². The van der Waals surface area contributed by atoms with E-state index in [9.17, 15) is 19.2 Å². The van der Waals surface area contributed by atoms with Crippen LogP contribution in [-0.4, -0.2) is 70.6 Å². The largest absolute Gasteiger partial charge is 0.465 e. The second-order valence-electron chi connectivity index (χ2n) is 9.98. The van der Waals surface area contributed by atoms with Gasteiger partial charge >= 0.3 is 11.9 Å². The Labute approximate surface area is 207 Å². The SMILES string of the molecule is CCOC(=O)[C@@H](CCc1ccccc1)N[C@H]1CCC(=O)N2CCC[C@@H](C(=O)OC(C)(C)C)N2C1=O. The molecular weight excluding hydrogens is 450 g/mol. The van der Waals surface area contributed by atoms with Gasteiger partial charge in [-0.2, -0.15) is 0 Å². The van der Waals surface area contributed by atoms with Crippen molar-refractivity contribution in [2.24, 2.45) is 0 Å². The number of amides is 2. The maximum Gasteiger partial charge on any atom is 0.331 e. The summed E-state index contributed by atoms with van der Waals surface area (Å²) in [5.41, 5.74) is 0.348. The molecule has 192 valence electrons. The Hall–Kier alpha value is -2.94. The summed E-state index contributed by atoms with van der Waals surface area (Å²) in [5.74, 6) is -1.59. The number of hydrazine groups is 1. The predicted octanol–water partition coefficient (Wildman–Crippen LogP) is 2.38. The van der Waals surface area contributed by atoms with E-state index in [1.54, 1.807) is 27.7 Å². The second kappa shape index (κ2) is 11.7. The van der Waals surface area contributed by atoms with Crippen molar-refractivity contribution in [1.29, 1.82) is 0 Å². The number of hydrogen-bond donors (Lipinski definition) is 1. The van der Waals surface area contributed by atoms with Gasteiger partial charge < -0.3 is 9.47 Å². The highest BCUT2D eigenvalue weighted by atomic mass is 16.6. The van der Waals surface area contributed by atoms with Gasteiger partial charge in [0.05, 0.1) is 12.6 Å². The minimum Gasteiger partial charge on any atom is -0.465 e. The van der Waals surface area contributed by atoms with Crippen molar-refractivity contribution >= 4 is 23.8 Å². The van der Waals surface area contributed by atoms with Gasteiger partial charge in [-0.25, -0.2) is 9.80 Å². The van der Waals surface area contributed by atoms with E-state index in [1.165, 1.54) is 10.0 Å². The third-order valence-electron chi connectivity index (χ3n) is 6.08. The summed E-state index contributed by atoms with van der Waals surface area (Å²) in [5, 5.41) is 5.81. The monoisotopic (exact) mass is 487 g/mol. The van der Waals surface area contributed by atoms with Crippen LogP contribution >= 0.6 is 0 Å². The van der Waals surface area contributed by atoms with Gasteiger partial charge in [0.25, 0.3) is 5.91 Å². The van der Waals surface area contributed by atoms with Crippen molar-refractivity contribution < 1.29 is 28.7 Å². The van der Waals surface area contributed by atoms with Crippen LogP contribution in [0.3, 0.4) is 0 Å². The Balaban J connectivity index is 1.81. The number of hydrogen-bond acceptors (Lipinski definition) is 7. The maximum absolute atomic E-state index is 13.7. The molecule has 9 nitrogen and oxygen atoms in total. The molecule has 0 aliphatic carbocycles. The minimum atomic E-state index is -0.882. The van der Waals surface area contributed by atoms with Crippen molar-refractivity contribution in [1.82, 2.24) is 15.3 Å². The third-order valence-corrected chi connectivity index (χ3v) is 6.08. The van der Waals surface area contributed by atoms with E-state index in [0.717, 1.165) is 5.56 Å². The molecule has 0 saturated carbocycles. The molecule has 2 aliphatic heterocycles. The Morgan fingerprint density at radius 1 is 1.14 bits per heavy atom. The van der Waals surface area contributed by atoms with Gasteiger partial charge in [0.15, 0.2) is 6.04 Å². The molecule has 1 aromatic carbocycles. The van der Waals surface area contributed by atoms with Gasteiger partial charge in [-0.3, -0.25) is 24.7 Å². The molecule has 2 fully saturated rings. The summed E-state index contributed by atoms with van der Waals surface area (Å²) in [7, 11) is 0. The quantitative estimate of drug-likeness (QED) is 0.561. The van der Waals surface area contributed by atoms with Gasteiger partial charge in [0.1, 0.15) is 11.6 Å². The fraction of sp³-hybridized carbons (Fsp3) is 0.615. The van der Waals surface area contributed by atoms with Gasteiger partial charge in [-0.05, 0) is 65.4 Å². The Kier molecular flexibility index (Phi) is 8.88. The van der Waals surface area contributed by atoms with Crippen molar-refractivity contribution in [2.45, 2.75) is 89.9 Å². The molecule has 0 bridgehead atoms. The molecule has 2 amide bonds. The molecule has 2 aliphatic rings. The van der Waals surface area contributed by atoms with Crippen molar-refractivity contribution in [3.63, 3.8) is 0 Å². The first-order chi connectivity index (χ1) is 16.6. The van der Waals surface area contributed by atoms with Crippen LogP contribution in [0.1, 0.15) is 65.4 Å². The van der Waals surface area contributed by atoms with Crippen LogP contribution in [-0.2, 0) is 35.1 Å².